The van der Waals surface area contributed by atoms with Crippen LogP contribution in [0.5, 0.6) is 11.5 Å². The quantitative estimate of drug-likeness (QED) is 0.435. The molecule has 0 fully saturated rings. The molecule has 2 N–H and O–H groups in total. The summed E-state index contributed by atoms with van der Waals surface area (Å²) in [5, 5.41) is 2.80. The molecule has 0 spiro atoms. The maximum atomic E-state index is 13.2. The molecule has 0 radical (unpaired) electrons. The highest BCUT2D eigenvalue weighted by atomic mass is 32.2. The molecule has 0 aliphatic rings. The molecular weight excluding hydrogens is 459 g/mol. The third kappa shape index (κ3) is 6.79. The van der Waals surface area contributed by atoms with Crippen molar-refractivity contribution in [2.24, 2.45) is 0 Å². The Morgan fingerprint density at radius 2 is 1.59 bits per heavy atom. The third-order valence-electron chi connectivity index (χ3n) is 5.18. The van der Waals surface area contributed by atoms with Gasteiger partial charge in [-0.1, -0.05) is 36.4 Å². The van der Waals surface area contributed by atoms with Gasteiger partial charge >= 0.3 is 0 Å². The van der Waals surface area contributed by atoms with Crippen molar-refractivity contribution in [1.29, 1.82) is 0 Å². The fourth-order valence-electron chi connectivity index (χ4n) is 3.40. The van der Waals surface area contributed by atoms with Crippen molar-refractivity contribution >= 4 is 15.9 Å². The predicted molar refractivity (Wildman–Crippen MR) is 127 cm³/mol. The molecule has 0 aromatic heterocycles. The molecule has 9 heteroatoms. The van der Waals surface area contributed by atoms with E-state index in [0.29, 0.717) is 17.9 Å². The van der Waals surface area contributed by atoms with E-state index < -0.39 is 27.8 Å². The zero-order chi connectivity index (χ0) is 24.6. The first-order valence-electron chi connectivity index (χ1n) is 10.6. The van der Waals surface area contributed by atoms with Crippen LogP contribution in [0.1, 0.15) is 11.1 Å². The molecule has 3 rings (SSSR count). The summed E-state index contributed by atoms with van der Waals surface area (Å²) in [6, 6.07) is 18.0. The number of sulfonamides is 1. The highest BCUT2D eigenvalue weighted by Gasteiger charge is 2.26. The lowest BCUT2D eigenvalue weighted by atomic mass is 10.1. The number of rotatable bonds is 11. The summed E-state index contributed by atoms with van der Waals surface area (Å²) in [6.07, 6.45) is 0.665. The number of hydrogen-bond donors (Lipinski definition) is 2. The van der Waals surface area contributed by atoms with Crippen molar-refractivity contribution in [2.45, 2.75) is 23.8 Å². The minimum absolute atomic E-state index is 0.120. The van der Waals surface area contributed by atoms with Gasteiger partial charge in [-0.2, -0.15) is 4.72 Å². The molecule has 3 aromatic rings. The number of benzene rings is 3. The first-order valence-corrected chi connectivity index (χ1v) is 12.1. The second-order valence-electron chi connectivity index (χ2n) is 7.55. The second kappa shape index (κ2) is 11.6. The molecule has 34 heavy (non-hydrogen) atoms. The Balaban J connectivity index is 1.71. The number of ether oxygens (including phenoxy) is 2. The van der Waals surface area contributed by atoms with Crippen LogP contribution >= 0.6 is 0 Å². The molecular formula is C25H27FN2O5S. The van der Waals surface area contributed by atoms with Crippen LogP contribution in [-0.4, -0.2) is 41.1 Å². The number of amides is 1. The zero-order valence-corrected chi connectivity index (χ0v) is 19.8. The molecule has 1 atom stereocenters. The van der Waals surface area contributed by atoms with Crippen molar-refractivity contribution in [2.75, 3.05) is 20.8 Å². The van der Waals surface area contributed by atoms with Gasteiger partial charge in [0.1, 0.15) is 11.9 Å². The highest BCUT2D eigenvalue weighted by molar-refractivity contribution is 7.89. The average molecular weight is 487 g/mol. The smallest absolute Gasteiger partial charge is 0.241 e. The summed E-state index contributed by atoms with van der Waals surface area (Å²) in [5.41, 5.74) is 1.72. The Kier molecular flexibility index (Phi) is 8.61. The van der Waals surface area contributed by atoms with Gasteiger partial charge in [-0.25, -0.2) is 12.8 Å². The third-order valence-corrected chi connectivity index (χ3v) is 6.67. The number of halogens is 1. The monoisotopic (exact) mass is 486 g/mol. The Morgan fingerprint density at radius 1 is 0.912 bits per heavy atom. The molecule has 180 valence electrons. The number of nitrogens with one attached hydrogen (secondary N) is 2. The summed E-state index contributed by atoms with van der Waals surface area (Å²) < 4.78 is 51.9. The van der Waals surface area contributed by atoms with E-state index in [1.807, 2.05) is 42.5 Å². The van der Waals surface area contributed by atoms with Crippen LogP contribution in [0.3, 0.4) is 0 Å². The summed E-state index contributed by atoms with van der Waals surface area (Å²) in [5.74, 6) is 0.177. The average Bonchev–Trinajstić information content (AvgIpc) is 2.84. The van der Waals surface area contributed by atoms with E-state index in [1.165, 1.54) is 0 Å². The van der Waals surface area contributed by atoms with E-state index in [4.69, 9.17) is 9.47 Å². The molecule has 0 unspecified atom stereocenters. The van der Waals surface area contributed by atoms with Crippen molar-refractivity contribution in [3.05, 3.63) is 89.7 Å². The van der Waals surface area contributed by atoms with Gasteiger partial charge in [-0.05, 0) is 60.4 Å². The standard InChI is InChI=1S/C25H27FN2O5S/c1-32-23-13-8-19(17-24(23)33-2)14-15-27-25(29)22(16-18-6-4-3-5-7-18)28-34(30,31)21-11-9-20(26)10-12-21/h3-13,17,22,28H,14-16H2,1-2H3,(H,27,29)/t22-/m1/s1. The number of carbonyl (C=O) groups is 1. The van der Waals surface area contributed by atoms with Crippen LogP contribution in [0, 0.1) is 5.82 Å². The van der Waals surface area contributed by atoms with Crippen LogP contribution < -0.4 is 19.5 Å². The van der Waals surface area contributed by atoms with E-state index in [2.05, 4.69) is 10.0 Å². The van der Waals surface area contributed by atoms with E-state index in [-0.39, 0.29) is 17.9 Å². The van der Waals surface area contributed by atoms with Crippen LogP contribution in [0.15, 0.2) is 77.7 Å². The van der Waals surface area contributed by atoms with Gasteiger partial charge in [0.15, 0.2) is 11.5 Å². The topological polar surface area (TPSA) is 93.7 Å². The Labute approximate surface area is 199 Å². The molecule has 0 saturated heterocycles. The Hall–Kier alpha value is -3.43. The van der Waals surface area contributed by atoms with Gasteiger partial charge in [0.25, 0.3) is 0 Å². The summed E-state index contributed by atoms with van der Waals surface area (Å²) in [6.45, 7) is 0.290. The zero-order valence-electron chi connectivity index (χ0n) is 19.0. The van der Waals surface area contributed by atoms with Gasteiger partial charge in [-0.15, -0.1) is 0 Å². The van der Waals surface area contributed by atoms with Crippen molar-refractivity contribution in [1.82, 2.24) is 10.0 Å². The largest absolute Gasteiger partial charge is 0.493 e. The van der Waals surface area contributed by atoms with Gasteiger partial charge in [-0.3, -0.25) is 4.79 Å². The summed E-state index contributed by atoms with van der Waals surface area (Å²) >= 11 is 0. The molecule has 3 aromatic carbocycles. The Bertz CT molecular complexity index is 1200. The van der Waals surface area contributed by atoms with Crippen LogP contribution in [-0.2, 0) is 27.7 Å². The normalized spacial score (nSPS) is 12.1. The van der Waals surface area contributed by atoms with Crippen molar-refractivity contribution < 1.29 is 27.1 Å². The first-order chi connectivity index (χ1) is 16.3. The molecule has 0 saturated carbocycles. The lowest BCUT2D eigenvalue weighted by Gasteiger charge is -2.19. The fourth-order valence-corrected chi connectivity index (χ4v) is 4.59. The van der Waals surface area contributed by atoms with E-state index in [1.54, 1.807) is 20.3 Å². The van der Waals surface area contributed by atoms with Gasteiger partial charge < -0.3 is 14.8 Å². The second-order valence-corrected chi connectivity index (χ2v) is 9.26. The lowest BCUT2D eigenvalue weighted by Crippen LogP contribution is -2.48. The van der Waals surface area contributed by atoms with Gasteiger partial charge in [0, 0.05) is 6.54 Å². The van der Waals surface area contributed by atoms with Crippen molar-refractivity contribution in [3.63, 3.8) is 0 Å². The minimum Gasteiger partial charge on any atom is -0.493 e. The van der Waals surface area contributed by atoms with Crippen LogP contribution in [0.25, 0.3) is 0 Å². The number of methoxy groups -OCH3 is 2. The summed E-state index contributed by atoms with van der Waals surface area (Å²) in [7, 11) is -0.944. The van der Waals surface area contributed by atoms with E-state index >= 15 is 0 Å². The van der Waals surface area contributed by atoms with Crippen LogP contribution in [0.2, 0.25) is 0 Å². The molecule has 0 bridgehead atoms. The maximum absolute atomic E-state index is 13.2. The number of carbonyl (C=O) groups excluding carboxylic acids is 1. The van der Waals surface area contributed by atoms with Gasteiger partial charge in [0.05, 0.1) is 19.1 Å². The van der Waals surface area contributed by atoms with Gasteiger partial charge in [0.2, 0.25) is 15.9 Å². The Morgan fingerprint density at radius 3 is 2.24 bits per heavy atom. The first kappa shape index (κ1) is 25.2. The lowest BCUT2D eigenvalue weighted by molar-refractivity contribution is -0.122. The predicted octanol–water partition coefficient (Wildman–Crippen LogP) is 3.09. The number of hydrogen-bond acceptors (Lipinski definition) is 5. The fraction of sp³-hybridized carbons (Fsp3) is 0.240. The van der Waals surface area contributed by atoms with E-state index in [0.717, 1.165) is 35.4 Å². The van der Waals surface area contributed by atoms with Crippen LogP contribution in [0.4, 0.5) is 4.39 Å². The highest BCUT2D eigenvalue weighted by Crippen LogP contribution is 2.27. The minimum atomic E-state index is -4.04. The molecule has 0 heterocycles. The molecule has 1 amide bonds. The maximum Gasteiger partial charge on any atom is 0.241 e. The van der Waals surface area contributed by atoms with Crippen molar-refractivity contribution in [3.8, 4) is 11.5 Å². The molecule has 7 nitrogen and oxygen atoms in total. The van der Waals surface area contributed by atoms with E-state index in [9.17, 15) is 17.6 Å². The summed E-state index contributed by atoms with van der Waals surface area (Å²) in [4.78, 5) is 12.9. The SMILES string of the molecule is COc1ccc(CCNC(=O)[C@@H](Cc2ccccc2)NS(=O)(=O)c2ccc(F)cc2)cc1OC. The molecule has 0 aliphatic carbocycles. The molecule has 0 aliphatic heterocycles.